The Morgan fingerprint density at radius 3 is 2.67 bits per heavy atom. The molecule has 1 aromatic heterocycles. The maximum Gasteiger partial charge on any atom is 0.270 e. The van der Waals surface area contributed by atoms with E-state index in [-0.39, 0.29) is 18.7 Å². The third-order valence-corrected chi connectivity index (χ3v) is 3.13. The van der Waals surface area contributed by atoms with Crippen molar-refractivity contribution < 1.29 is 25.0 Å². The molecule has 3 atom stereocenters. The number of H-pyrrole nitrogens is 1. The normalized spacial score (nSPS) is 24.6. The van der Waals surface area contributed by atoms with Crippen LogP contribution in [0.5, 0.6) is 0 Å². The zero-order valence-electron chi connectivity index (χ0n) is 11.0. The highest BCUT2D eigenvalue weighted by molar-refractivity contribution is 5.81. The van der Waals surface area contributed by atoms with Gasteiger partial charge in [0.15, 0.2) is 6.29 Å². The lowest BCUT2D eigenvalue weighted by Crippen LogP contribution is -2.24. The van der Waals surface area contributed by atoms with E-state index >= 15 is 0 Å². The van der Waals surface area contributed by atoms with Crippen molar-refractivity contribution in [3.63, 3.8) is 0 Å². The Hall–Kier alpha value is -2.00. The van der Waals surface area contributed by atoms with Crippen LogP contribution < -0.4 is 0 Å². The van der Waals surface area contributed by atoms with Crippen LogP contribution in [-0.2, 0) is 4.74 Å². The van der Waals surface area contributed by atoms with Crippen molar-refractivity contribution in [1.29, 1.82) is 0 Å². The number of aromatic nitrogens is 1. The molecule has 21 heavy (non-hydrogen) atoms. The SMILES string of the molecule is O=[N+]([O-])c1ccc2[nH]ccc2c1.OC[C@H]1OC(O)C[C@@H]1O. The molecule has 8 nitrogen and oxygen atoms in total. The van der Waals surface area contributed by atoms with Gasteiger partial charge in [0.2, 0.25) is 0 Å². The van der Waals surface area contributed by atoms with E-state index in [1.165, 1.54) is 6.07 Å². The number of aliphatic hydroxyl groups is 3. The summed E-state index contributed by atoms with van der Waals surface area (Å²) in [7, 11) is 0. The average molecular weight is 296 g/mol. The molecule has 2 aromatic rings. The average Bonchev–Trinajstić information content (AvgIpc) is 3.04. The van der Waals surface area contributed by atoms with E-state index in [4.69, 9.17) is 15.3 Å². The highest BCUT2D eigenvalue weighted by atomic mass is 16.6. The molecule has 0 saturated carbocycles. The number of nitrogens with zero attached hydrogens (tertiary/aromatic N) is 1. The predicted molar refractivity (Wildman–Crippen MR) is 73.5 cm³/mol. The Morgan fingerprint density at radius 2 is 2.14 bits per heavy atom. The molecule has 1 aliphatic rings. The maximum atomic E-state index is 10.4. The second-order valence-corrected chi connectivity index (χ2v) is 4.62. The number of nitro benzene ring substituents is 1. The van der Waals surface area contributed by atoms with Gasteiger partial charge in [0.25, 0.3) is 5.69 Å². The van der Waals surface area contributed by atoms with Gasteiger partial charge in [-0.05, 0) is 12.1 Å². The minimum atomic E-state index is -0.905. The highest BCUT2D eigenvalue weighted by Crippen LogP contribution is 2.19. The van der Waals surface area contributed by atoms with Gasteiger partial charge in [0, 0.05) is 35.7 Å². The minimum Gasteiger partial charge on any atom is -0.394 e. The third kappa shape index (κ3) is 3.76. The summed E-state index contributed by atoms with van der Waals surface area (Å²) in [5.41, 5.74) is 1.04. The van der Waals surface area contributed by atoms with Crippen molar-refractivity contribution in [2.45, 2.75) is 24.9 Å². The number of fused-ring (bicyclic) bond motifs is 1. The molecular weight excluding hydrogens is 280 g/mol. The fraction of sp³-hybridized carbons (Fsp3) is 0.385. The Labute approximate surface area is 119 Å². The van der Waals surface area contributed by atoms with E-state index in [2.05, 4.69) is 9.72 Å². The van der Waals surface area contributed by atoms with Gasteiger partial charge in [-0.1, -0.05) is 0 Å². The van der Waals surface area contributed by atoms with Crippen LogP contribution >= 0.6 is 0 Å². The zero-order chi connectivity index (χ0) is 15.4. The van der Waals surface area contributed by atoms with E-state index in [1.54, 1.807) is 18.3 Å². The lowest BCUT2D eigenvalue weighted by Gasteiger charge is -2.08. The van der Waals surface area contributed by atoms with Crippen molar-refractivity contribution in [1.82, 2.24) is 4.98 Å². The fourth-order valence-electron chi connectivity index (χ4n) is 2.03. The molecule has 0 spiro atoms. The number of aliphatic hydroxyl groups excluding tert-OH is 3. The van der Waals surface area contributed by atoms with Gasteiger partial charge in [-0.15, -0.1) is 0 Å². The topological polar surface area (TPSA) is 129 Å². The van der Waals surface area contributed by atoms with Crippen LogP contribution in [0.15, 0.2) is 30.5 Å². The highest BCUT2D eigenvalue weighted by Gasteiger charge is 2.31. The summed E-state index contributed by atoms with van der Waals surface area (Å²) in [5, 5.41) is 37.3. The first kappa shape index (κ1) is 15.4. The molecule has 114 valence electrons. The molecule has 1 unspecified atom stereocenters. The van der Waals surface area contributed by atoms with Gasteiger partial charge < -0.3 is 25.0 Å². The van der Waals surface area contributed by atoms with Crippen LogP contribution in [0.1, 0.15) is 6.42 Å². The quantitative estimate of drug-likeness (QED) is 0.472. The summed E-state index contributed by atoms with van der Waals surface area (Å²) in [6.45, 7) is -0.238. The predicted octanol–water partition coefficient (Wildman–Crippen LogP) is 0.523. The van der Waals surface area contributed by atoms with Crippen molar-refractivity contribution >= 4 is 16.6 Å². The Kier molecular flexibility index (Phi) is 4.86. The molecule has 4 N–H and O–H groups in total. The molecule has 8 heteroatoms. The molecule has 0 radical (unpaired) electrons. The summed E-state index contributed by atoms with van der Waals surface area (Å²) in [6, 6.07) is 6.54. The number of hydrogen-bond donors (Lipinski definition) is 4. The van der Waals surface area contributed by atoms with Gasteiger partial charge in [0.05, 0.1) is 17.6 Å². The second kappa shape index (κ2) is 6.64. The molecule has 3 rings (SSSR count). The minimum absolute atomic E-state index is 0.127. The summed E-state index contributed by atoms with van der Waals surface area (Å²) >= 11 is 0. The van der Waals surface area contributed by atoms with Crippen molar-refractivity contribution in [2.75, 3.05) is 6.61 Å². The number of aromatic amines is 1. The number of non-ortho nitro benzene ring substituents is 1. The number of ether oxygens (including phenoxy) is 1. The van der Waals surface area contributed by atoms with Crippen molar-refractivity contribution in [2.24, 2.45) is 0 Å². The molecule has 2 heterocycles. The lowest BCUT2D eigenvalue weighted by molar-refractivity contribution is -0.384. The van der Waals surface area contributed by atoms with Crippen LogP contribution in [0.4, 0.5) is 5.69 Å². The summed E-state index contributed by atoms with van der Waals surface area (Å²) in [6.07, 6.45) is -0.262. The first-order valence-corrected chi connectivity index (χ1v) is 6.35. The molecule has 0 aliphatic carbocycles. The smallest absolute Gasteiger partial charge is 0.270 e. The van der Waals surface area contributed by atoms with Crippen LogP contribution in [0, 0.1) is 10.1 Å². The van der Waals surface area contributed by atoms with Crippen molar-refractivity contribution in [3.05, 3.63) is 40.6 Å². The second-order valence-electron chi connectivity index (χ2n) is 4.62. The van der Waals surface area contributed by atoms with E-state index in [0.717, 1.165) is 10.9 Å². The summed E-state index contributed by atoms with van der Waals surface area (Å²) < 4.78 is 4.68. The monoisotopic (exact) mass is 296 g/mol. The first-order chi connectivity index (χ1) is 10.0. The number of benzene rings is 1. The zero-order valence-corrected chi connectivity index (χ0v) is 11.0. The number of nitrogens with one attached hydrogen (secondary N) is 1. The molecule has 0 amide bonds. The van der Waals surface area contributed by atoms with Gasteiger partial charge >= 0.3 is 0 Å². The Bertz CT molecular complexity index is 613. The van der Waals surface area contributed by atoms with Gasteiger partial charge in [-0.2, -0.15) is 0 Å². The number of rotatable bonds is 2. The van der Waals surface area contributed by atoms with Gasteiger partial charge in [-0.25, -0.2) is 0 Å². The van der Waals surface area contributed by atoms with Crippen LogP contribution in [-0.4, -0.2) is 50.3 Å². The molecule has 1 aliphatic heterocycles. The molecule has 1 fully saturated rings. The van der Waals surface area contributed by atoms with Gasteiger partial charge in [0.1, 0.15) is 6.10 Å². The van der Waals surface area contributed by atoms with E-state index < -0.39 is 23.4 Å². The standard InChI is InChI=1S/C8H6N2O2.C5H10O4/c11-10(12)7-1-2-8-6(5-7)3-4-9-8;6-2-4-3(7)1-5(8)9-4/h1-5,9H;3-8H,1-2H2/t;3-,4+,5?/m.0/s1. The molecular formula is C13H16N2O6. The Balaban J connectivity index is 0.000000161. The molecule has 1 saturated heterocycles. The van der Waals surface area contributed by atoms with Crippen LogP contribution in [0.3, 0.4) is 0 Å². The number of hydrogen-bond acceptors (Lipinski definition) is 6. The Morgan fingerprint density at radius 1 is 1.38 bits per heavy atom. The van der Waals surface area contributed by atoms with E-state index in [1.807, 2.05) is 6.07 Å². The number of nitro groups is 1. The maximum absolute atomic E-state index is 10.4. The lowest BCUT2D eigenvalue weighted by atomic mass is 10.2. The van der Waals surface area contributed by atoms with Crippen LogP contribution in [0.25, 0.3) is 10.9 Å². The first-order valence-electron chi connectivity index (χ1n) is 6.35. The fourth-order valence-corrected chi connectivity index (χ4v) is 2.03. The van der Waals surface area contributed by atoms with Crippen LogP contribution in [0.2, 0.25) is 0 Å². The van der Waals surface area contributed by atoms with E-state index in [0.29, 0.717) is 0 Å². The third-order valence-electron chi connectivity index (χ3n) is 3.13. The van der Waals surface area contributed by atoms with Crippen molar-refractivity contribution in [3.8, 4) is 0 Å². The van der Waals surface area contributed by atoms with Gasteiger partial charge in [-0.3, -0.25) is 10.1 Å². The largest absolute Gasteiger partial charge is 0.394 e. The van der Waals surface area contributed by atoms with E-state index in [9.17, 15) is 10.1 Å². The summed E-state index contributed by atoms with van der Waals surface area (Å²) in [5.74, 6) is 0. The summed E-state index contributed by atoms with van der Waals surface area (Å²) in [4.78, 5) is 12.9. The molecule has 0 bridgehead atoms. The molecule has 1 aromatic carbocycles.